The Bertz CT molecular complexity index is 530. The van der Waals surface area contributed by atoms with Crippen molar-refractivity contribution in [2.45, 2.75) is 6.92 Å². The molecule has 0 heterocycles. The van der Waals surface area contributed by atoms with E-state index in [4.69, 9.17) is 5.11 Å². The zero-order valence-electron chi connectivity index (χ0n) is 10.8. The minimum Gasteiger partial charge on any atom is -0.507 e. The Hall–Kier alpha value is -2.77. The van der Waals surface area contributed by atoms with Crippen molar-refractivity contribution in [1.29, 1.82) is 0 Å². The summed E-state index contributed by atoms with van der Waals surface area (Å²) in [5.74, 6) is -2.06. The number of anilines is 1. The molecule has 20 heavy (non-hydrogen) atoms. The van der Waals surface area contributed by atoms with Crippen LogP contribution >= 0.6 is 0 Å². The molecule has 1 aromatic rings. The van der Waals surface area contributed by atoms with E-state index >= 15 is 0 Å². The van der Waals surface area contributed by atoms with Crippen molar-refractivity contribution in [3.8, 4) is 5.75 Å². The second-order valence-corrected chi connectivity index (χ2v) is 3.80. The highest BCUT2D eigenvalue weighted by atomic mass is 16.4. The average Bonchev–Trinajstić information content (AvgIpc) is 2.36. The molecule has 0 aromatic heterocycles. The molecule has 0 saturated carbocycles. The predicted octanol–water partition coefficient (Wildman–Crippen LogP) is 0.348. The monoisotopic (exact) mass is 281 g/mol. The summed E-state index contributed by atoms with van der Waals surface area (Å²) in [6.45, 7) is 2.04. The summed E-state index contributed by atoms with van der Waals surface area (Å²) in [5, 5.41) is 25.4. The fourth-order valence-corrected chi connectivity index (χ4v) is 1.39. The molecule has 0 aliphatic rings. The Morgan fingerprint density at radius 3 is 2.45 bits per heavy atom. The SMILES string of the molecule is CCNC(=O)CNC(=O)Nc1ccc(C(=O)O)c(O)c1. The van der Waals surface area contributed by atoms with Crippen LogP contribution in [0.25, 0.3) is 0 Å². The van der Waals surface area contributed by atoms with Gasteiger partial charge in [0, 0.05) is 18.3 Å². The van der Waals surface area contributed by atoms with Gasteiger partial charge in [-0.25, -0.2) is 9.59 Å². The first kappa shape index (κ1) is 15.3. The Morgan fingerprint density at radius 1 is 1.20 bits per heavy atom. The molecule has 0 aliphatic heterocycles. The van der Waals surface area contributed by atoms with E-state index in [-0.39, 0.29) is 23.7 Å². The number of carbonyl (C=O) groups is 3. The van der Waals surface area contributed by atoms with Crippen LogP contribution in [0.4, 0.5) is 10.5 Å². The van der Waals surface area contributed by atoms with Crippen LogP contribution in [0, 0.1) is 0 Å². The number of likely N-dealkylation sites (N-methyl/N-ethyl adjacent to an activating group) is 1. The maximum absolute atomic E-state index is 11.5. The fraction of sp³-hybridized carbons (Fsp3) is 0.250. The average molecular weight is 281 g/mol. The van der Waals surface area contributed by atoms with E-state index in [1.165, 1.54) is 6.07 Å². The molecule has 0 aliphatic carbocycles. The van der Waals surface area contributed by atoms with Gasteiger partial charge < -0.3 is 26.2 Å². The lowest BCUT2D eigenvalue weighted by atomic mass is 10.2. The van der Waals surface area contributed by atoms with Crippen LogP contribution in [-0.4, -0.2) is 41.2 Å². The van der Waals surface area contributed by atoms with Gasteiger partial charge in [-0.2, -0.15) is 0 Å². The Kier molecular flexibility index (Phi) is 5.33. The molecule has 108 valence electrons. The van der Waals surface area contributed by atoms with Crippen molar-refractivity contribution in [1.82, 2.24) is 10.6 Å². The molecule has 0 atom stereocenters. The summed E-state index contributed by atoms with van der Waals surface area (Å²) in [6.07, 6.45) is 0. The summed E-state index contributed by atoms with van der Waals surface area (Å²) in [7, 11) is 0. The van der Waals surface area contributed by atoms with E-state index in [9.17, 15) is 19.5 Å². The summed E-state index contributed by atoms with van der Waals surface area (Å²) in [6, 6.07) is 2.96. The van der Waals surface area contributed by atoms with Gasteiger partial charge in [0.25, 0.3) is 0 Å². The third-order valence-electron chi connectivity index (χ3n) is 2.27. The van der Waals surface area contributed by atoms with Crippen LogP contribution in [0.5, 0.6) is 5.75 Å². The summed E-state index contributed by atoms with van der Waals surface area (Å²) in [4.78, 5) is 33.3. The molecule has 1 aromatic carbocycles. The maximum Gasteiger partial charge on any atom is 0.339 e. The number of carboxylic acids is 1. The molecular formula is C12H15N3O5. The van der Waals surface area contributed by atoms with Gasteiger partial charge >= 0.3 is 12.0 Å². The van der Waals surface area contributed by atoms with Crippen molar-refractivity contribution in [2.75, 3.05) is 18.4 Å². The summed E-state index contributed by atoms with van der Waals surface area (Å²) < 4.78 is 0. The summed E-state index contributed by atoms with van der Waals surface area (Å²) in [5.41, 5.74) is -0.0563. The number of aromatic hydroxyl groups is 1. The van der Waals surface area contributed by atoms with E-state index in [0.29, 0.717) is 6.54 Å². The maximum atomic E-state index is 11.5. The van der Waals surface area contributed by atoms with Crippen molar-refractivity contribution < 1.29 is 24.6 Å². The van der Waals surface area contributed by atoms with Gasteiger partial charge in [-0.3, -0.25) is 4.79 Å². The van der Waals surface area contributed by atoms with E-state index in [1.54, 1.807) is 6.92 Å². The number of carbonyl (C=O) groups excluding carboxylic acids is 2. The highest BCUT2D eigenvalue weighted by molar-refractivity contribution is 5.95. The number of rotatable bonds is 5. The van der Waals surface area contributed by atoms with Gasteiger partial charge in [0.05, 0.1) is 6.54 Å². The molecule has 0 unspecified atom stereocenters. The molecule has 1 rings (SSSR count). The van der Waals surface area contributed by atoms with Crippen LogP contribution in [0.2, 0.25) is 0 Å². The van der Waals surface area contributed by atoms with Crippen LogP contribution < -0.4 is 16.0 Å². The fourth-order valence-electron chi connectivity index (χ4n) is 1.39. The van der Waals surface area contributed by atoms with Gasteiger partial charge in [0.15, 0.2) is 0 Å². The number of hydrogen-bond acceptors (Lipinski definition) is 4. The second kappa shape index (κ2) is 6.98. The van der Waals surface area contributed by atoms with E-state index < -0.39 is 17.7 Å². The van der Waals surface area contributed by atoms with E-state index in [2.05, 4.69) is 16.0 Å². The number of amides is 3. The minimum absolute atomic E-state index is 0.182. The predicted molar refractivity (Wildman–Crippen MR) is 70.8 cm³/mol. The first-order valence-electron chi connectivity index (χ1n) is 5.82. The smallest absolute Gasteiger partial charge is 0.339 e. The molecule has 0 saturated heterocycles. The van der Waals surface area contributed by atoms with Crippen molar-refractivity contribution in [2.24, 2.45) is 0 Å². The van der Waals surface area contributed by atoms with Crippen LogP contribution in [0.1, 0.15) is 17.3 Å². The third-order valence-corrected chi connectivity index (χ3v) is 2.27. The van der Waals surface area contributed by atoms with Crippen LogP contribution in [-0.2, 0) is 4.79 Å². The Morgan fingerprint density at radius 2 is 1.90 bits per heavy atom. The molecule has 5 N–H and O–H groups in total. The first-order valence-corrected chi connectivity index (χ1v) is 5.82. The lowest BCUT2D eigenvalue weighted by molar-refractivity contribution is -0.119. The Labute approximate surface area is 114 Å². The molecule has 0 spiro atoms. The molecule has 8 nitrogen and oxygen atoms in total. The molecule has 0 fully saturated rings. The lowest BCUT2D eigenvalue weighted by Gasteiger charge is -2.08. The van der Waals surface area contributed by atoms with Gasteiger partial charge in [0.2, 0.25) is 5.91 Å². The number of carboxylic acid groups (broad SMARTS) is 1. The van der Waals surface area contributed by atoms with Crippen molar-refractivity contribution in [3.05, 3.63) is 23.8 Å². The number of nitrogens with one attached hydrogen (secondary N) is 3. The normalized spacial score (nSPS) is 9.65. The molecule has 3 amide bonds. The van der Waals surface area contributed by atoms with E-state index in [1.807, 2.05) is 0 Å². The van der Waals surface area contributed by atoms with Crippen LogP contribution in [0.3, 0.4) is 0 Å². The largest absolute Gasteiger partial charge is 0.507 e. The number of benzene rings is 1. The zero-order chi connectivity index (χ0) is 15.1. The van der Waals surface area contributed by atoms with Gasteiger partial charge in [-0.05, 0) is 19.1 Å². The molecule has 8 heteroatoms. The number of phenols is 1. The first-order chi connectivity index (χ1) is 9.43. The second-order valence-electron chi connectivity index (χ2n) is 3.80. The van der Waals surface area contributed by atoms with Gasteiger partial charge in [-0.1, -0.05) is 0 Å². The molecular weight excluding hydrogens is 266 g/mol. The van der Waals surface area contributed by atoms with Gasteiger partial charge in [0.1, 0.15) is 11.3 Å². The quantitative estimate of drug-likeness (QED) is 0.532. The summed E-state index contributed by atoms with van der Waals surface area (Å²) >= 11 is 0. The number of aromatic carboxylic acids is 1. The molecule has 0 radical (unpaired) electrons. The standard InChI is InChI=1S/C12H15N3O5/c1-2-13-10(17)6-14-12(20)15-7-3-4-8(11(18)19)9(16)5-7/h3-5,16H,2,6H2,1H3,(H,13,17)(H,18,19)(H2,14,15,20). The van der Waals surface area contributed by atoms with Gasteiger partial charge in [-0.15, -0.1) is 0 Å². The minimum atomic E-state index is -1.27. The van der Waals surface area contributed by atoms with E-state index in [0.717, 1.165) is 12.1 Å². The zero-order valence-corrected chi connectivity index (χ0v) is 10.8. The number of hydrogen-bond donors (Lipinski definition) is 5. The van der Waals surface area contributed by atoms with Crippen molar-refractivity contribution >= 4 is 23.6 Å². The van der Waals surface area contributed by atoms with Crippen molar-refractivity contribution in [3.63, 3.8) is 0 Å². The topological polar surface area (TPSA) is 128 Å². The highest BCUT2D eigenvalue weighted by Crippen LogP contribution is 2.21. The number of urea groups is 1. The Balaban J connectivity index is 2.56. The van der Waals surface area contributed by atoms with Crippen LogP contribution in [0.15, 0.2) is 18.2 Å². The third kappa shape index (κ3) is 4.48. The highest BCUT2D eigenvalue weighted by Gasteiger charge is 2.11. The lowest BCUT2D eigenvalue weighted by Crippen LogP contribution is -2.38. The molecule has 0 bridgehead atoms.